The first-order chi connectivity index (χ1) is 11.3. The van der Waals surface area contributed by atoms with Gasteiger partial charge in [0.25, 0.3) is 0 Å². The Morgan fingerprint density at radius 2 is 1.79 bits per heavy atom. The van der Waals surface area contributed by atoms with Crippen molar-refractivity contribution in [1.82, 2.24) is 9.47 Å². The highest BCUT2D eigenvalue weighted by Gasteiger charge is 2.26. The summed E-state index contributed by atoms with van der Waals surface area (Å²) in [6.07, 6.45) is 1.86. The van der Waals surface area contributed by atoms with E-state index < -0.39 is 5.60 Å². The van der Waals surface area contributed by atoms with Crippen LogP contribution in [0, 0.1) is 0 Å². The van der Waals surface area contributed by atoms with Crippen molar-refractivity contribution in [3.05, 3.63) is 28.9 Å². The van der Waals surface area contributed by atoms with E-state index in [1.807, 2.05) is 20.8 Å². The first kappa shape index (κ1) is 17.1. The molecule has 1 aromatic heterocycles. The van der Waals surface area contributed by atoms with E-state index in [0.717, 1.165) is 17.6 Å². The predicted octanol–water partition coefficient (Wildman–Crippen LogP) is 4.00. The fraction of sp³-hybridized carbons (Fsp3) is 0.500. The van der Waals surface area contributed by atoms with E-state index in [9.17, 15) is 4.79 Å². The Morgan fingerprint density at radius 3 is 2.42 bits per heavy atom. The number of carbonyl (C=O) groups is 1. The second-order valence-corrected chi connectivity index (χ2v) is 8.06. The molecule has 0 N–H and O–H groups in total. The standard InChI is InChI=1S/C18H24BrN3O2/c1-18(2,3)24-17(23)22-11-9-21(10-12-22)15-6-5-14(19)13-7-8-20(4)16(13)15/h5-8H,9-12H2,1-4H3. The number of carbonyl (C=O) groups excluding carboxylic acids is 1. The number of benzene rings is 1. The first-order valence-electron chi connectivity index (χ1n) is 8.23. The number of halogens is 1. The fourth-order valence-electron chi connectivity index (χ4n) is 3.07. The van der Waals surface area contributed by atoms with Crippen LogP contribution in [0.25, 0.3) is 10.9 Å². The second-order valence-electron chi connectivity index (χ2n) is 7.21. The topological polar surface area (TPSA) is 37.7 Å². The van der Waals surface area contributed by atoms with Crippen molar-refractivity contribution >= 4 is 38.6 Å². The molecule has 1 aromatic carbocycles. The van der Waals surface area contributed by atoms with Crippen LogP contribution >= 0.6 is 15.9 Å². The van der Waals surface area contributed by atoms with Crippen LogP contribution in [0.3, 0.4) is 0 Å². The number of hydrogen-bond donors (Lipinski definition) is 0. The quantitative estimate of drug-likeness (QED) is 0.734. The monoisotopic (exact) mass is 393 g/mol. The molecule has 3 rings (SSSR count). The summed E-state index contributed by atoms with van der Waals surface area (Å²) in [6.45, 7) is 8.66. The Kier molecular flexibility index (Phi) is 4.51. The molecule has 0 atom stereocenters. The maximum Gasteiger partial charge on any atom is 0.410 e. The summed E-state index contributed by atoms with van der Waals surface area (Å²) in [6, 6.07) is 6.37. The number of aromatic nitrogens is 1. The van der Waals surface area contributed by atoms with E-state index in [-0.39, 0.29) is 6.09 Å². The molecule has 24 heavy (non-hydrogen) atoms. The van der Waals surface area contributed by atoms with Crippen LogP contribution in [0.15, 0.2) is 28.9 Å². The van der Waals surface area contributed by atoms with Gasteiger partial charge in [-0.2, -0.15) is 0 Å². The van der Waals surface area contributed by atoms with Crippen molar-refractivity contribution in [2.24, 2.45) is 7.05 Å². The SMILES string of the molecule is Cn1ccc2c(Br)ccc(N3CCN(C(=O)OC(C)(C)C)CC3)c21. The number of hydrogen-bond acceptors (Lipinski definition) is 3. The summed E-state index contributed by atoms with van der Waals surface area (Å²) >= 11 is 3.62. The minimum Gasteiger partial charge on any atom is -0.444 e. The molecule has 5 nitrogen and oxygen atoms in total. The lowest BCUT2D eigenvalue weighted by Gasteiger charge is -2.37. The number of ether oxygens (including phenoxy) is 1. The molecular formula is C18H24BrN3O2. The van der Waals surface area contributed by atoms with Crippen LogP contribution in [0.2, 0.25) is 0 Å². The van der Waals surface area contributed by atoms with Crippen LogP contribution in [0.5, 0.6) is 0 Å². The molecule has 1 amide bonds. The van der Waals surface area contributed by atoms with Crippen LogP contribution in [-0.2, 0) is 11.8 Å². The Hall–Kier alpha value is -1.69. The van der Waals surface area contributed by atoms with E-state index in [1.54, 1.807) is 4.90 Å². The molecule has 1 aliphatic rings. The molecule has 0 saturated carbocycles. The van der Waals surface area contributed by atoms with Gasteiger partial charge in [-0.15, -0.1) is 0 Å². The molecule has 0 bridgehead atoms. The molecule has 6 heteroatoms. The molecule has 0 spiro atoms. The molecule has 2 aromatic rings. The number of amides is 1. The van der Waals surface area contributed by atoms with E-state index in [0.29, 0.717) is 13.1 Å². The lowest BCUT2D eigenvalue weighted by Crippen LogP contribution is -2.50. The van der Waals surface area contributed by atoms with Crippen molar-refractivity contribution in [2.45, 2.75) is 26.4 Å². The molecule has 2 heterocycles. The van der Waals surface area contributed by atoms with E-state index in [4.69, 9.17) is 4.74 Å². The molecular weight excluding hydrogens is 370 g/mol. The van der Waals surface area contributed by atoms with Gasteiger partial charge in [0.15, 0.2) is 0 Å². The van der Waals surface area contributed by atoms with Crippen molar-refractivity contribution < 1.29 is 9.53 Å². The third-order valence-corrected chi connectivity index (χ3v) is 4.92. The molecule has 1 aliphatic heterocycles. The predicted molar refractivity (Wildman–Crippen MR) is 101 cm³/mol. The van der Waals surface area contributed by atoms with Crippen LogP contribution in [-0.4, -0.2) is 47.3 Å². The lowest BCUT2D eigenvalue weighted by molar-refractivity contribution is 0.0240. The van der Waals surface area contributed by atoms with Crippen LogP contribution in [0.1, 0.15) is 20.8 Å². The number of nitrogens with zero attached hydrogens (tertiary/aromatic N) is 3. The van der Waals surface area contributed by atoms with Gasteiger partial charge >= 0.3 is 6.09 Å². The second kappa shape index (κ2) is 6.31. The molecule has 0 radical (unpaired) electrons. The Balaban J connectivity index is 1.75. The fourth-order valence-corrected chi connectivity index (χ4v) is 3.53. The minimum absolute atomic E-state index is 0.220. The van der Waals surface area contributed by atoms with Gasteiger partial charge in [0, 0.05) is 49.3 Å². The molecule has 0 aliphatic carbocycles. The van der Waals surface area contributed by atoms with Gasteiger partial charge < -0.3 is 19.1 Å². The normalized spacial score (nSPS) is 15.9. The highest BCUT2D eigenvalue weighted by atomic mass is 79.9. The van der Waals surface area contributed by atoms with Gasteiger partial charge in [-0.3, -0.25) is 0 Å². The summed E-state index contributed by atoms with van der Waals surface area (Å²) in [7, 11) is 2.06. The smallest absolute Gasteiger partial charge is 0.410 e. The molecule has 1 fully saturated rings. The average molecular weight is 394 g/mol. The number of anilines is 1. The molecule has 130 valence electrons. The number of piperazine rings is 1. The summed E-state index contributed by atoms with van der Waals surface area (Å²) in [5, 5.41) is 1.21. The zero-order chi connectivity index (χ0) is 17.5. The van der Waals surface area contributed by atoms with Crippen molar-refractivity contribution in [2.75, 3.05) is 31.1 Å². The summed E-state index contributed by atoms with van der Waals surface area (Å²) in [5.74, 6) is 0. The lowest BCUT2D eigenvalue weighted by atomic mass is 10.2. The maximum atomic E-state index is 12.2. The largest absolute Gasteiger partial charge is 0.444 e. The maximum absolute atomic E-state index is 12.2. The van der Waals surface area contributed by atoms with Gasteiger partial charge in [0.2, 0.25) is 0 Å². The Morgan fingerprint density at radius 1 is 1.12 bits per heavy atom. The third kappa shape index (κ3) is 3.38. The summed E-state index contributed by atoms with van der Waals surface area (Å²) < 4.78 is 8.72. The van der Waals surface area contributed by atoms with Gasteiger partial charge in [0.05, 0.1) is 11.2 Å². The van der Waals surface area contributed by atoms with Gasteiger partial charge in [0.1, 0.15) is 5.60 Å². The number of fused-ring (bicyclic) bond motifs is 1. The van der Waals surface area contributed by atoms with E-state index >= 15 is 0 Å². The Labute approximate surface area is 151 Å². The molecule has 1 saturated heterocycles. The van der Waals surface area contributed by atoms with Crippen molar-refractivity contribution in [3.63, 3.8) is 0 Å². The number of aryl methyl sites for hydroxylation is 1. The molecule has 0 unspecified atom stereocenters. The minimum atomic E-state index is -0.449. The zero-order valence-electron chi connectivity index (χ0n) is 14.7. The number of rotatable bonds is 1. The Bertz CT molecular complexity index is 755. The van der Waals surface area contributed by atoms with Crippen molar-refractivity contribution in [3.8, 4) is 0 Å². The zero-order valence-corrected chi connectivity index (χ0v) is 16.3. The first-order valence-corrected chi connectivity index (χ1v) is 9.02. The summed E-state index contributed by atoms with van der Waals surface area (Å²) in [5.41, 5.74) is 1.98. The van der Waals surface area contributed by atoms with Crippen molar-refractivity contribution in [1.29, 1.82) is 0 Å². The highest BCUT2D eigenvalue weighted by Crippen LogP contribution is 2.33. The van der Waals surface area contributed by atoms with Gasteiger partial charge in [-0.1, -0.05) is 15.9 Å². The van der Waals surface area contributed by atoms with Gasteiger partial charge in [-0.05, 0) is 39.0 Å². The van der Waals surface area contributed by atoms with Crippen LogP contribution < -0.4 is 4.90 Å². The van der Waals surface area contributed by atoms with E-state index in [2.05, 4.69) is 56.8 Å². The van der Waals surface area contributed by atoms with E-state index in [1.165, 1.54) is 16.6 Å². The van der Waals surface area contributed by atoms with Gasteiger partial charge in [-0.25, -0.2) is 4.79 Å². The average Bonchev–Trinajstić information content (AvgIpc) is 2.90. The van der Waals surface area contributed by atoms with Crippen LogP contribution in [0.4, 0.5) is 10.5 Å². The third-order valence-electron chi connectivity index (χ3n) is 4.23. The highest BCUT2D eigenvalue weighted by molar-refractivity contribution is 9.10. The summed E-state index contributed by atoms with van der Waals surface area (Å²) in [4.78, 5) is 16.3.